The highest BCUT2D eigenvalue weighted by Gasteiger charge is 2.55. The first-order chi connectivity index (χ1) is 10.7. The molecule has 2 aromatic rings. The first kappa shape index (κ1) is 12.9. The highest BCUT2D eigenvalue weighted by molar-refractivity contribution is 5.89. The van der Waals surface area contributed by atoms with Crippen molar-refractivity contribution in [3.8, 4) is 11.8 Å². The maximum Gasteiger partial charge on any atom is 0.416 e. The smallest absolute Gasteiger partial charge is 0.416 e. The van der Waals surface area contributed by atoms with Crippen molar-refractivity contribution in [3.05, 3.63) is 59.8 Å². The molecule has 4 heteroatoms. The fourth-order valence-electron chi connectivity index (χ4n) is 2.48. The summed E-state index contributed by atoms with van der Waals surface area (Å²) in [5, 5.41) is 0. The van der Waals surface area contributed by atoms with Crippen molar-refractivity contribution >= 4 is 11.9 Å². The molecule has 2 aliphatic rings. The SMILES string of the molecule is O=C1OC2(CC2)CN1c1ccc(C#Cc2ccccc2)cn1. The van der Waals surface area contributed by atoms with Crippen LogP contribution in [0.4, 0.5) is 10.6 Å². The summed E-state index contributed by atoms with van der Waals surface area (Å²) in [6.45, 7) is 0.605. The fraction of sp³-hybridized carbons (Fsp3) is 0.222. The molecular weight excluding hydrogens is 276 g/mol. The van der Waals surface area contributed by atoms with Gasteiger partial charge in [0.2, 0.25) is 0 Å². The molecule has 1 amide bonds. The van der Waals surface area contributed by atoms with Gasteiger partial charge in [-0.1, -0.05) is 30.0 Å². The van der Waals surface area contributed by atoms with E-state index in [9.17, 15) is 4.79 Å². The minimum absolute atomic E-state index is 0.232. The predicted molar refractivity (Wildman–Crippen MR) is 82.5 cm³/mol. The second kappa shape index (κ2) is 4.88. The number of amides is 1. The Morgan fingerprint density at radius 3 is 2.45 bits per heavy atom. The van der Waals surface area contributed by atoms with Gasteiger partial charge in [-0.05, 0) is 37.1 Å². The number of nitrogens with zero attached hydrogens (tertiary/aromatic N) is 2. The normalized spacial score (nSPS) is 17.8. The molecule has 4 nitrogen and oxygen atoms in total. The van der Waals surface area contributed by atoms with Crippen molar-refractivity contribution < 1.29 is 9.53 Å². The average molecular weight is 290 g/mol. The number of anilines is 1. The van der Waals surface area contributed by atoms with Gasteiger partial charge in [0.1, 0.15) is 11.4 Å². The van der Waals surface area contributed by atoms with Crippen LogP contribution in [0.2, 0.25) is 0 Å². The largest absolute Gasteiger partial charge is 0.441 e. The van der Waals surface area contributed by atoms with Gasteiger partial charge in [-0.25, -0.2) is 9.78 Å². The first-order valence-electron chi connectivity index (χ1n) is 7.28. The third-order valence-corrected chi connectivity index (χ3v) is 3.93. The van der Waals surface area contributed by atoms with E-state index in [0.29, 0.717) is 12.4 Å². The molecule has 1 spiro atoms. The molecule has 108 valence electrons. The van der Waals surface area contributed by atoms with E-state index in [1.54, 1.807) is 11.1 Å². The van der Waals surface area contributed by atoms with Crippen molar-refractivity contribution in [1.29, 1.82) is 0 Å². The molecule has 22 heavy (non-hydrogen) atoms. The zero-order chi connectivity index (χ0) is 15.0. The lowest BCUT2D eigenvalue weighted by Gasteiger charge is -2.11. The van der Waals surface area contributed by atoms with Gasteiger partial charge in [-0.15, -0.1) is 0 Å². The number of hydrogen-bond donors (Lipinski definition) is 0. The molecular formula is C18H14N2O2. The number of carbonyl (C=O) groups is 1. The lowest BCUT2D eigenvalue weighted by Crippen LogP contribution is -2.25. The van der Waals surface area contributed by atoms with Gasteiger partial charge in [0.25, 0.3) is 0 Å². The van der Waals surface area contributed by atoms with Crippen LogP contribution in [0.5, 0.6) is 0 Å². The Bertz CT molecular complexity index is 768. The molecule has 1 saturated heterocycles. The predicted octanol–water partition coefficient (Wildman–Crippen LogP) is 2.97. The Morgan fingerprint density at radius 1 is 1.05 bits per heavy atom. The van der Waals surface area contributed by atoms with Crippen LogP contribution < -0.4 is 4.90 Å². The third kappa shape index (κ3) is 2.42. The van der Waals surface area contributed by atoms with Crippen LogP contribution in [0.1, 0.15) is 24.0 Å². The zero-order valence-electron chi connectivity index (χ0n) is 12.0. The van der Waals surface area contributed by atoms with Gasteiger partial charge >= 0.3 is 6.09 Å². The van der Waals surface area contributed by atoms with Crippen LogP contribution in [0.25, 0.3) is 0 Å². The van der Waals surface area contributed by atoms with E-state index >= 15 is 0 Å². The van der Waals surface area contributed by atoms with Crippen LogP contribution in [0, 0.1) is 11.8 Å². The maximum atomic E-state index is 11.9. The Morgan fingerprint density at radius 2 is 1.82 bits per heavy atom. The summed E-state index contributed by atoms with van der Waals surface area (Å²) >= 11 is 0. The van der Waals surface area contributed by atoms with E-state index in [-0.39, 0.29) is 11.7 Å². The number of pyridine rings is 1. The third-order valence-electron chi connectivity index (χ3n) is 3.93. The Hall–Kier alpha value is -2.80. The van der Waals surface area contributed by atoms with E-state index in [2.05, 4.69) is 16.8 Å². The van der Waals surface area contributed by atoms with Crippen LogP contribution in [0.3, 0.4) is 0 Å². The standard InChI is InChI=1S/C18H14N2O2/c21-17-20(13-18(22-17)10-11-18)16-9-8-15(12-19-16)7-6-14-4-2-1-3-5-14/h1-5,8-9,12H,10-11,13H2. The molecule has 0 unspecified atom stereocenters. The highest BCUT2D eigenvalue weighted by Crippen LogP contribution is 2.45. The Labute approximate surface area is 128 Å². The van der Waals surface area contributed by atoms with Gasteiger partial charge < -0.3 is 4.74 Å². The van der Waals surface area contributed by atoms with Gasteiger partial charge in [0, 0.05) is 17.3 Å². The van der Waals surface area contributed by atoms with Crippen molar-refractivity contribution in [2.45, 2.75) is 18.4 Å². The summed E-state index contributed by atoms with van der Waals surface area (Å²) in [6.07, 6.45) is 3.30. The topological polar surface area (TPSA) is 42.4 Å². The monoisotopic (exact) mass is 290 g/mol. The summed E-state index contributed by atoms with van der Waals surface area (Å²) in [5.41, 5.74) is 1.55. The first-order valence-corrected chi connectivity index (χ1v) is 7.28. The van der Waals surface area contributed by atoms with Crippen LogP contribution >= 0.6 is 0 Å². The second-order valence-electron chi connectivity index (χ2n) is 5.66. The van der Waals surface area contributed by atoms with Crippen molar-refractivity contribution in [2.75, 3.05) is 11.4 Å². The van der Waals surface area contributed by atoms with Gasteiger partial charge in [0.05, 0.1) is 6.54 Å². The molecule has 0 N–H and O–H groups in total. The Balaban J connectivity index is 1.52. The van der Waals surface area contributed by atoms with Gasteiger partial charge in [-0.2, -0.15) is 0 Å². The molecule has 2 fully saturated rings. The molecule has 1 aliphatic carbocycles. The van der Waals surface area contributed by atoms with E-state index < -0.39 is 0 Å². The average Bonchev–Trinajstić information content (AvgIpc) is 3.22. The number of ether oxygens (including phenoxy) is 1. The van der Waals surface area contributed by atoms with E-state index in [0.717, 1.165) is 24.0 Å². The molecule has 0 atom stereocenters. The molecule has 0 bridgehead atoms. The van der Waals surface area contributed by atoms with E-state index in [1.807, 2.05) is 42.5 Å². The molecule has 1 saturated carbocycles. The lowest BCUT2D eigenvalue weighted by atomic mass is 10.2. The number of hydrogen-bond acceptors (Lipinski definition) is 3. The quantitative estimate of drug-likeness (QED) is 0.758. The summed E-state index contributed by atoms with van der Waals surface area (Å²) < 4.78 is 5.38. The van der Waals surface area contributed by atoms with Crippen molar-refractivity contribution in [3.63, 3.8) is 0 Å². The Kier molecular flexibility index (Phi) is 2.87. The molecule has 4 rings (SSSR count). The lowest BCUT2D eigenvalue weighted by molar-refractivity contribution is 0.129. The number of aromatic nitrogens is 1. The zero-order valence-corrected chi connectivity index (χ0v) is 12.0. The minimum atomic E-state index is -0.298. The molecule has 1 aliphatic heterocycles. The summed E-state index contributed by atoms with van der Waals surface area (Å²) in [5.74, 6) is 6.78. The summed E-state index contributed by atoms with van der Waals surface area (Å²) in [6, 6.07) is 13.5. The van der Waals surface area contributed by atoms with E-state index in [4.69, 9.17) is 4.74 Å². The maximum absolute atomic E-state index is 11.9. The minimum Gasteiger partial charge on any atom is -0.441 e. The van der Waals surface area contributed by atoms with Gasteiger partial charge in [-0.3, -0.25) is 4.90 Å². The van der Waals surface area contributed by atoms with Crippen LogP contribution in [-0.2, 0) is 4.74 Å². The fourth-order valence-corrected chi connectivity index (χ4v) is 2.48. The molecule has 2 heterocycles. The second-order valence-corrected chi connectivity index (χ2v) is 5.66. The van der Waals surface area contributed by atoms with Crippen LogP contribution in [0.15, 0.2) is 48.7 Å². The summed E-state index contributed by atoms with van der Waals surface area (Å²) in [4.78, 5) is 17.8. The molecule has 1 aromatic carbocycles. The highest BCUT2D eigenvalue weighted by atomic mass is 16.6. The van der Waals surface area contributed by atoms with E-state index in [1.165, 1.54) is 0 Å². The van der Waals surface area contributed by atoms with Crippen molar-refractivity contribution in [2.24, 2.45) is 0 Å². The summed E-state index contributed by atoms with van der Waals surface area (Å²) in [7, 11) is 0. The van der Waals surface area contributed by atoms with Crippen LogP contribution in [-0.4, -0.2) is 23.2 Å². The number of rotatable bonds is 1. The molecule has 0 radical (unpaired) electrons. The van der Waals surface area contributed by atoms with Gasteiger partial charge in [0.15, 0.2) is 0 Å². The van der Waals surface area contributed by atoms with Crippen molar-refractivity contribution in [1.82, 2.24) is 4.98 Å². The molecule has 1 aromatic heterocycles. The number of benzene rings is 1. The number of carbonyl (C=O) groups excluding carboxylic acids is 1.